The van der Waals surface area contributed by atoms with Crippen LogP contribution in [0, 0.1) is 5.92 Å². The summed E-state index contributed by atoms with van der Waals surface area (Å²) in [4.78, 5) is 17.5. The maximum absolute atomic E-state index is 11.3. The van der Waals surface area contributed by atoms with Crippen molar-refractivity contribution in [2.45, 2.75) is 32.6 Å². The van der Waals surface area contributed by atoms with Crippen molar-refractivity contribution in [3.8, 4) is 0 Å². The Morgan fingerprint density at radius 3 is 2.74 bits per heavy atom. The Kier molecular flexibility index (Phi) is 8.32. The summed E-state index contributed by atoms with van der Waals surface area (Å²) in [6, 6.07) is 0. The molecular formula is C14H29N5O3S. The molecule has 0 bridgehead atoms. The van der Waals surface area contributed by atoms with Crippen LogP contribution >= 0.6 is 0 Å². The number of carbonyl (C=O) groups excluding carboxylic acids is 1. The van der Waals surface area contributed by atoms with Gasteiger partial charge < -0.3 is 16.0 Å². The Morgan fingerprint density at radius 1 is 1.39 bits per heavy atom. The van der Waals surface area contributed by atoms with E-state index in [1.54, 1.807) is 14.0 Å². The molecule has 1 aliphatic heterocycles. The van der Waals surface area contributed by atoms with E-state index in [-0.39, 0.29) is 17.6 Å². The van der Waals surface area contributed by atoms with Gasteiger partial charge in [0.2, 0.25) is 15.9 Å². The van der Waals surface area contributed by atoms with Crippen molar-refractivity contribution < 1.29 is 13.2 Å². The van der Waals surface area contributed by atoms with E-state index < -0.39 is 10.0 Å². The molecule has 1 rings (SSSR count). The number of hydrogen-bond acceptors (Lipinski definition) is 4. The number of sulfonamides is 1. The van der Waals surface area contributed by atoms with Crippen LogP contribution in [0.3, 0.4) is 0 Å². The molecule has 134 valence electrons. The number of nitrogens with one attached hydrogen (secondary N) is 2. The normalized spacial score (nSPS) is 19.7. The number of aliphatic imine (C=N–C) groups is 1. The lowest BCUT2D eigenvalue weighted by Gasteiger charge is -2.34. The standard InChI is InChI=1S/C14H29N5O3S/c1-3-23(21,22)18-8-5-7-17-14(16-2)19-9-4-6-12(11-19)10-13(15)20/h12,18H,3-11H2,1-2H3,(H2,15,20)(H,16,17). The smallest absolute Gasteiger partial charge is 0.217 e. The highest BCUT2D eigenvalue weighted by molar-refractivity contribution is 7.89. The molecule has 1 heterocycles. The van der Waals surface area contributed by atoms with Gasteiger partial charge in [-0.15, -0.1) is 0 Å². The summed E-state index contributed by atoms with van der Waals surface area (Å²) >= 11 is 0. The third kappa shape index (κ3) is 7.65. The van der Waals surface area contributed by atoms with E-state index in [1.807, 2.05) is 0 Å². The molecule has 1 unspecified atom stereocenters. The van der Waals surface area contributed by atoms with E-state index >= 15 is 0 Å². The average molecular weight is 347 g/mol. The minimum absolute atomic E-state index is 0.0944. The first-order valence-electron chi connectivity index (χ1n) is 8.09. The minimum Gasteiger partial charge on any atom is -0.370 e. The molecule has 23 heavy (non-hydrogen) atoms. The predicted octanol–water partition coefficient (Wildman–Crippen LogP) is -0.521. The van der Waals surface area contributed by atoms with Gasteiger partial charge in [0.25, 0.3) is 0 Å². The van der Waals surface area contributed by atoms with Gasteiger partial charge in [-0.05, 0) is 32.1 Å². The monoisotopic (exact) mass is 347 g/mol. The largest absolute Gasteiger partial charge is 0.370 e. The van der Waals surface area contributed by atoms with E-state index in [2.05, 4.69) is 19.9 Å². The molecule has 1 aliphatic rings. The predicted molar refractivity (Wildman–Crippen MR) is 91.6 cm³/mol. The molecule has 0 aromatic carbocycles. The van der Waals surface area contributed by atoms with Gasteiger partial charge in [-0.1, -0.05) is 0 Å². The lowest BCUT2D eigenvalue weighted by atomic mass is 9.95. The number of carbonyl (C=O) groups is 1. The maximum atomic E-state index is 11.3. The molecule has 0 saturated carbocycles. The number of hydrogen-bond donors (Lipinski definition) is 3. The number of likely N-dealkylation sites (tertiary alicyclic amines) is 1. The lowest BCUT2D eigenvalue weighted by molar-refractivity contribution is -0.119. The first kappa shape index (κ1) is 19.7. The van der Waals surface area contributed by atoms with Crippen LogP contribution in [-0.4, -0.2) is 64.2 Å². The van der Waals surface area contributed by atoms with Crippen LogP contribution < -0.4 is 15.8 Å². The molecule has 8 nitrogen and oxygen atoms in total. The molecule has 1 fully saturated rings. The highest BCUT2D eigenvalue weighted by atomic mass is 32.2. The lowest BCUT2D eigenvalue weighted by Crippen LogP contribution is -2.47. The molecule has 4 N–H and O–H groups in total. The van der Waals surface area contributed by atoms with Gasteiger partial charge in [0.05, 0.1) is 5.75 Å². The van der Waals surface area contributed by atoms with Crippen LogP contribution in [0.25, 0.3) is 0 Å². The zero-order valence-corrected chi connectivity index (χ0v) is 14.9. The Bertz CT molecular complexity index is 507. The van der Waals surface area contributed by atoms with Gasteiger partial charge in [0, 0.05) is 39.6 Å². The fourth-order valence-electron chi connectivity index (χ4n) is 2.66. The van der Waals surface area contributed by atoms with Crippen molar-refractivity contribution in [2.75, 3.05) is 39.0 Å². The van der Waals surface area contributed by atoms with Gasteiger partial charge in [-0.2, -0.15) is 0 Å². The van der Waals surface area contributed by atoms with Crippen LogP contribution in [0.4, 0.5) is 0 Å². The van der Waals surface area contributed by atoms with Gasteiger partial charge in [-0.3, -0.25) is 9.79 Å². The van der Waals surface area contributed by atoms with E-state index in [0.29, 0.717) is 25.9 Å². The summed E-state index contributed by atoms with van der Waals surface area (Å²) in [6.07, 6.45) is 3.10. The van der Waals surface area contributed by atoms with E-state index in [4.69, 9.17) is 5.73 Å². The minimum atomic E-state index is -3.13. The number of nitrogens with two attached hydrogens (primary N) is 1. The molecule has 0 aromatic rings. The molecule has 9 heteroatoms. The third-order valence-electron chi connectivity index (χ3n) is 3.86. The Hall–Kier alpha value is -1.35. The van der Waals surface area contributed by atoms with E-state index in [1.165, 1.54) is 0 Å². The fraction of sp³-hybridized carbons (Fsp3) is 0.857. The summed E-state index contributed by atoms with van der Waals surface area (Å²) in [5.41, 5.74) is 5.28. The number of primary amides is 1. The Balaban J connectivity index is 2.35. The Morgan fingerprint density at radius 2 is 2.13 bits per heavy atom. The van der Waals surface area contributed by atoms with Crippen LogP contribution in [0.5, 0.6) is 0 Å². The summed E-state index contributed by atoms with van der Waals surface area (Å²) in [5, 5.41) is 3.24. The van der Waals surface area contributed by atoms with Gasteiger partial charge in [-0.25, -0.2) is 13.1 Å². The molecule has 0 radical (unpaired) electrons. The van der Waals surface area contributed by atoms with Crippen LogP contribution in [0.15, 0.2) is 4.99 Å². The summed E-state index contributed by atoms with van der Waals surface area (Å²) in [7, 11) is -1.41. The second kappa shape index (κ2) is 9.71. The first-order valence-corrected chi connectivity index (χ1v) is 9.74. The van der Waals surface area contributed by atoms with E-state index in [9.17, 15) is 13.2 Å². The summed E-state index contributed by atoms with van der Waals surface area (Å²) in [6.45, 7) is 4.32. The number of rotatable bonds is 8. The molecular weight excluding hydrogens is 318 g/mol. The van der Waals surface area contributed by atoms with Crippen molar-refractivity contribution in [1.82, 2.24) is 14.9 Å². The molecule has 1 amide bonds. The topological polar surface area (TPSA) is 117 Å². The summed E-state index contributed by atoms with van der Waals surface area (Å²) < 4.78 is 25.2. The van der Waals surface area contributed by atoms with Crippen LogP contribution in [-0.2, 0) is 14.8 Å². The SMILES string of the molecule is CCS(=O)(=O)NCCCNC(=NC)N1CCCC(CC(N)=O)C1. The zero-order chi connectivity index (χ0) is 17.3. The molecule has 0 spiro atoms. The van der Waals surface area contributed by atoms with E-state index in [0.717, 1.165) is 31.9 Å². The molecule has 0 aliphatic carbocycles. The maximum Gasteiger partial charge on any atom is 0.217 e. The number of piperidine rings is 1. The number of nitrogens with zero attached hydrogens (tertiary/aromatic N) is 2. The van der Waals surface area contributed by atoms with Crippen molar-refractivity contribution in [3.63, 3.8) is 0 Å². The van der Waals surface area contributed by atoms with Gasteiger partial charge in [0.15, 0.2) is 5.96 Å². The first-order chi connectivity index (χ1) is 10.9. The van der Waals surface area contributed by atoms with Crippen molar-refractivity contribution in [1.29, 1.82) is 0 Å². The zero-order valence-electron chi connectivity index (χ0n) is 14.0. The second-order valence-electron chi connectivity index (χ2n) is 5.75. The Labute approximate surface area is 138 Å². The average Bonchev–Trinajstić information content (AvgIpc) is 2.50. The summed E-state index contributed by atoms with van der Waals surface area (Å²) in [5.74, 6) is 0.897. The molecule has 0 aromatic heterocycles. The molecule has 1 saturated heterocycles. The van der Waals surface area contributed by atoms with Crippen LogP contribution in [0.1, 0.15) is 32.6 Å². The van der Waals surface area contributed by atoms with Crippen molar-refractivity contribution in [3.05, 3.63) is 0 Å². The quantitative estimate of drug-likeness (QED) is 0.310. The molecule has 1 atom stereocenters. The van der Waals surface area contributed by atoms with Gasteiger partial charge >= 0.3 is 0 Å². The number of amides is 1. The highest BCUT2D eigenvalue weighted by Gasteiger charge is 2.23. The highest BCUT2D eigenvalue weighted by Crippen LogP contribution is 2.19. The second-order valence-corrected chi connectivity index (χ2v) is 7.85. The van der Waals surface area contributed by atoms with Crippen molar-refractivity contribution >= 4 is 21.9 Å². The van der Waals surface area contributed by atoms with Crippen LogP contribution in [0.2, 0.25) is 0 Å². The van der Waals surface area contributed by atoms with Gasteiger partial charge in [0.1, 0.15) is 0 Å². The number of guanidine groups is 1. The van der Waals surface area contributed by atoms with Crippen molar-refractivity contribution in [2.24, 2.45) is 16.6 Å². The fourth-order valence-corrected chi connectivity index (χ4v) is 3.32. The third-order valence-corrected chi connectivity index (χ3v) is 5.26.